The topological polar surface area (TPSA) is 60.2 Å². The lowest BCUT2D eigenvalue weighted by Gasteiger charge is -2.03. The molecule has 0 aliphatic heterocycles. The molecule has 0 aliphatic rings. The van der Waals surface area contributed by atoms with E-state index >= 15 is 0 Å². The van der Waals surface area contributed by atoms with Gasteiger partial charge in [-0.3, -0.25) is 10.1 Å². The van der Waals surface area contributed by atoms with Crippen molar-refractivity contribution in [2.45, 2.75) is 9.79 Å². The van der Waals surface area contributed by atoms with Gasteiger partial charge in [0.2, 0.25) is 0 Å². The van der Waals surface area contributed by atoms with Crippen molar-refractivity contribution < 1.29 is 9.13 Å². The lowest BCUT2D eigenvalue weighted by molar-refractivity contribution is -0.387. The minimum atomic E-state index is -1.62. The van der Waals surface area contributed by atoms with Gasteiger partial charge >= 0.3 is 0 Å². The van der Waals surface area contributed by atoms with E-state index in [1.165, 1.54) is 24.3 Å². The first-order valence-corrected chi connectivity index (χ1v) is 6.53. The van der Waals surface area contributed by atoms with Gasteiger partial charge in [0.25, 0.3) is 5.69 Å². The van der Waals surface area contributed by atoms with Crippen LogP contribution < -0.4 is 0 Å². The van der Waals surface area contributed by atoms with Gasteiger partial charge in [-0.05, 0) is 24.3 Å². The maximum Gasteiger partial charge on any atom is 0.285 e. The van der Waals surface area contributed by atoms with E-state index in [1.54, 1.807) is 24.3 Å². The smallest absolute Gasteiger partial charge is 0.258 e. The molecule has 0 spiro atoms. The average molecular weight is 282 g/mol. The van der Waals surface area contributed by atoms with Crippen LogP contribution in [0.25, 0.3) is 0 Å². The van der Waals surface area contributed by atoms with Gasteiger partial charge in [0.05, 0.1) is 15.7 Å². The highest BCUT2D eigenvalue weighted by Crippen LogP contribution is 2.26. The molecule has 0 saturated carbocycles. The molecule has 1 atom stereocenters. The third-order valence-corrected chi connectivity index (χ3v) is 3.93. The molecule has 2 rings (SSSR count). The number of benzene rings is 2. The summed E-state index contributed by atoms with van der Waals surface area (Å²) in [5.41, 5.74) is -0.157. The van der Waals surface area contributed by atoms with E-state index < -0.39 is 15.7 Å². The summed E-state index contributed by atoms with van der Waals surface area (Å²) in [5, 5.41) is 11.3. The summed E-state index contributed by atoms with van der Waals surface area (Å²) in [7, 11) is -1.62. The number of hydrogen-bond donors (Lipinski definition) is 0. The third kappa shape index (κ3) is 2.57. The van der Waals surface area contributed by atoms with Crippen molar-refractivity contribution in [3.8, 4) is 0 Å². The van der Waals surface area contributed by atoms with Gasteiger partial charge in [-0.15, -0.1) is 0 Å². The first-order chi connectivity index (χ1) is 8.59. The Morgan fingerprint density at radius 3 is 2.50 bits per heavy atom. The molecule has 1 unspecified atom stereocenters. The molecule has 0 saturated heterocycles. The van der Waals surface area contributed by atoms with E-state index in [0.29, 0.717) is 9.92 Å². The molecule has 92 valence electrons. The van der Waals surface area contributed by atoms with Crippen LogP contribution in [0.5, 0.6) is 0 Å². The second kappa shape index (κ2) is 5.29. The highest BCUT2D eigenvalue weighted by molar-refractivity contribution is 7.85. The predicted molar refractivity (Wildman–Crippen MR) is 69.2 cm³/mol. The van der Waals surface area contributed by atoms with Crippen molar-refractivity contribution in [3.05, 3.63) is 63.7 Å². The third-order valence-electron chi connectivity index (χ3n) is 2.27. The normalized spacial score (nSPS) is 12.1. The minimum Gasteiger partial charge on any atom is -0.258 e. The summed E-state index contributed by atoms with van der Waals surface area (Å²) in [6, 6.07) is 12.4. The summed E-state index contributed by atoms with van der Waals surface area (Å²) in [4.78, 5) is 10.9. The molecule has 0 heterocycles. The zero-order chi connectivity index (χ0) is 13.1. The van der Waals surface area contributed by atoms with Crippen molar-refractivity contribution in [1.29, 1.82) is 0 Å². The Morgan fingerprint density at radius 2 is 1.83 bits per heavy atom. The molecule has 2 aromatic carbocycles. The van der Waals surface area contributed by atoms with Crippen LogP contribution in [-0.2, 0) is 10.8 Å². The number of para-hydroxylation sites is 1. The van der Waals surface area contributed by atoms with Crippen molar-refractivity contribution >= 4 is 28.1 Å². The summed E-state index contributed by atoms with van der Waals surface area (Å²) >= 11 is 5.81. The van der Waals surface area contributed by atoms with Crippen molar-refractivity contribution in [2.75, 3.05) is 0 Å². The SMILES string of the molecule is O=[N+]([O-])c1ccccc1S(=O)c1cccc(Cl)c1. The first-order valence-electron chi connectivity index (χ1n) is 5.00. The molecule has 6 heteroatoms. The van der Waals surface area contributed by atoms with E-state index in [1.807, 2.05) is 0 Å². The van der Waals surface area contributed by atoms with Crippen LogP contribution in [0.15, 0.2) is 58.3 Å². The fourth-order valence-corrected chi connectivity index (χ4v) is 2.95. The first kappa shape index (κ1) is 12.7. The van der Waals surface area contributed by atoms with Crippen LogP contribution >= 0.6 is 11.6 Å². The molecule has 0 aliphatic carbocycles. The zero-order valence-corrected chi connectivity index (χ0v) is 10.6. The van der Waals surface area contributed by atoms with Gasteiger partial charge in [0.15, 0.2) is 0 Å². The van der Waals surface area contributed by atoms with Gasteiger partial charge in [-0.25, -0.2) is 4.21 Å². The fourth-order valence-electron chi connectivity index (χ4n) is 1.47. The van der Waals surface area contributed by atoms with E-state index in [4.69, 9.17) is 11.6 Å². The second-order valence-corrected chi connectivity index (χ2v) is 5.34. The lowest BCUT2D eigenvalue weighted by Crippen LogP contribution is -1.98. The Hall–Kier alpha value is -1.72. The molecule has 0 radical (unpaired) electrons. The molecule has 0 fully saturated rings. The largest absolute Gasteiger partial charge is 0.285 e. The Morgan fingerprint density at radius 1 is 1.11 bits per heavy atom. The summed E-state index contributed by atoms with van der Waals surface area (Å²) in [6.45, 7) is 0. The van der Waals surface area contributed by atoms with Crippen LogP contribution in [-0.4, -0.2) is 9.13 Å². The standard InChI is InChI=1S/C12H8ClNO3S/c13-9-4-3-5-10(8-9)18(17)12-7-2-1-6-11(12)14(15)16/h1-8H. The fraction of sp³-hybridized carbons (Fsp3) is 0. The Kier molecular flexibility index (Phi) is 3.74. The van der Waals surface area contributed by atoms with Crippen molar-refractivity contribution in [2.24, 2.45) is 0 Å². The van der Waals surface area contributed by atoms with E-state index in [-0.39, 0.29) is 10.6 Å². The van der Waals surface area contributed by atoms with E-state index in [2.05, 4.69) is 0 Å². The molecule has 0 N–H and O–H groups in total. The summed E-state index contributed by atoms with van der Waals surface area (Å²) in [5.74, 6) is 0. The van der Waals surface area contributed by atoms with Crippen molar-refractivity contribution in [1.82, 2.24) is 0 Å². The van der Waals surface area contributed by atoms with Crippen molar-refractivity contribution in [3.63, 3.8) is 0 Å². The van der Waals surface area contributed by atoms with Gasteiger partial charge in [0.1, 0.15) is 4.90 Å². The number of hydrogen-bond acceptors (Lipinski definition) is 3. The van der Waals surface area contributed by atoms with Crippen LogP contribution in [0.3, 0.4) is 0 Å². The van der Waals surface area contributed by atoms with Gasteiger partial charge < -0.3 is 0 Å². The van der Waals surface area contributed by atoms with Crippen LogP contribution in [0.4, 0.5) is 5.69 Å². The monoisotopic (exact) mass is 281 g/mol. The highest BCUT2D eigenvalue weighted by atomic mass is 35.5. The molecular weight excluding hydrogens is 274 g/mol. The van der Waals surface area contributed by atoms with Gasteiger partial charge in [-0.2, -0.15) is 0 Å². The number of halogens is 1. The maximum absolute atomic E-state index is 12.3. The zero-order valence-electron chi connectivity index (χ0n) is 9.08. The maximum atomic E-state index is 12.3. The molecule has 0 aromatic heterocycles. The Bertz CT molecular complexity index is 630. The molecule has 4 nitrogen and oxygen atoms in total. The van der Waals surface area contributed by atoms with Gasteiger partial charge in [0, 0.05) is 16.0 Å². The molecule has 2 aromatic rings. The Labute approximate surface area is 111 Å². The van der Waals surface area contributed by atoms with Crippen LogP contribution in [0, 0.1) is 10.1 Å². The van der Waals surface area contributed by atoms with Crippen LogP contribution in [0.2, 0.25) is 5.02 Å². The molecule has 0 bridgehead atoms. The van der Waals surface area contributed by atoms with E-state index in [9.17, 15) is 14.3 Å². The second-order valence-electron chi connectivity index (χ2n) is 3.45. The van der Waals surface area contributed by atoms with Crippen LogP contribution in [0.1, 0.15) is 0 Å². The number of rotatable bonds is 3. The number of nitro groups is 1. The summed E-state index contributed by atoms with van der Waals surface area (Å²) in [6.07, 6.45) is 0. The summed E-state index contributed by atoms with van der Waals surface area (Å²) < 4.78 is 12.3. The predicted octanol–water partition coefficient (Wildman–Crippen LogP) is 3.41. The molecule has 0 amide bonds. The number of nitro benzene ring substituents is 1. The number of nitrogens with zero attached hydrogens (tertiary/aromatic N) is 1. The highest BCUT2D eigenvalue weighted by Gasteiger charge is 2.19. The lowest BCUT2D eigenvalue weighted by atomic mass is 10.3. The Balaban J connectivity index is 2.50. The minimum absolute atomic E-state index is 0.157. The molecule has 18 heavy (non-hydrogen) atoms. The molecular formula is C12H8ClNO3S. The van der Waals surface area contributed by atoms with Gasteiger partial charge in [-0.1, -0.05) is 29.8 Å². The van der Waals surface area contributed by atoms with E-state index in [0.717, 1.165) is 0 Å². The quantitative estimate of drug-likeness (QED) is 0.640. The average Bonchev–Trinajstić information content (AvgIpc) is 2.38.